The second-order valence-corrected chi connectivity index (χ2v) is 5.01. The quantitative estimate of drug-likeness (QED) is 0.723. The highest BCUT2D eigenvalue weighted by Gasteiger charge is 2.67. The zero-order valence-corrected chi connectivity index (χ0v) is 9.86. The standard InChI is InChI=1S/C16H15F/c1-15(17)12-16(15,13-8-4-2-5-9-13)14-10-6-3-7-11-14/h2-11H,12H2,1H3. The molecule has 86 valence electrons. The molecule has 1 atom stereocenters. The molecule has 0 radical (unpaired) electrons. The maximum atomic E-state index is 14.5. The molecule has 0 nitrogen and oxygen atoms in total. The van der Waals surface area contributed by atoms with Crippen molar-refractivity contribution in [1.82, 2.24) is 0 Å². The molecule has 1 unspecified atom stereocenters. The summed E-state index contributed by atoms with van der Waals surface area (Å²) in [6.07, 6.45) is 0.577. The maximum Gasteiger partial charge on any atom is 0.123 e. The van der Waals surface area contributed by atoms with Gasteiger partial charge in [-0.05, 0) is 24.5 Å². The Kier molecular flexibility index (Phi) is 2.12. The number of hydrogen-bond acceptors (Lipinski definition) is 0. The fourth-order valence-corrected chi connectivity index (χ4v) is 2.87. The first-order valence-electron chi connectivity index (χ1n) is 5.97. The molecule has 0 heterocycles. The smallest absolute Gasteiger partial charge is 0.123 e. The van der Waals surface area contributed by atoms with Gasteiger partial charge in [0.1, 0.15) is 5.67 Å². The Morgan fingerprint density at radius 3 is 1.47 bits per heavy atom. The first kappa shape index (κ1) is 10.5. The van der Waals surface area contributed by atoms with Crippen LogP contribution in [0.2, 0.25) is 0 Å². The largest absolute Gasteiger partial charge is 0.243 e. The Balaban J connectivity index is 2.15. The summed E-state index contributed by atoms with van der Waals surface area (Å²) < 4.78 is 14.5. The van der Waals surface area contributed by atoms with E-state index in [1.54, 1.807) is 6.92 Å². The van der Waals surface area contributed by atoms with Crippen LogP contribution in [0.5, 0.6) is 0 Å². The predicted molar refractivity (Wildman–Crippen MR) is 67.8 cm³/mol. The normalized spacial score (nSPS) is 25.5. The Hall–Kier alpha value is -1.63. The van der Waals surface area contributed by atoms with E-state index < -0.39 is 11.1 Å². The van der Waals surface area contributed by atoms with Crippen LogP contribution in [0.3, 0.4) is 0 Å². The van der Waals surface area contributed by atoms with Gasteiger partial charge in [-0.3, -0.25) is 0 Å². The Bertz CT molecular complexity index is 474. The number of alkyl halides is 1. The number of benzene rings is 2. The van der Waals surface area contributed by atoms with E-state index in [9.17, 15) is 4.39 Å². The van der Waals surface area contributed by atoms with Crippen LogP contribution in [0.1, 0.15) is 24.5 Å². The van der Waals surface area contributed by atoms with Crippen molar-refractivity contribution in [3.05, 3.63) is 71.8 Å². The molecule has 2 aromatic carbocycles. The van der Waals surface area contributed by atoms with Crippen molar-refractivity contribution in [2.24, 2.45) is 0 Å². The van der Waals surface area contributed by atoms with E-state index >= 15 is 0 Å². The van der Waals surface area contributed by atoms with Gasteiger partial charge in [-0.2, -0.15) is 0 Å². The second kappa shape index (κ2) is 3.43. The van der Waals surface area contributed by atoms with Gasteiger partial charge in [0.05, 0.1) is 5.41 Å². The summed E-state index contributed by atoms with van der Waals surface area (Å²) in [6, 6.07) is 20.0. The van der Waals surface area contributed by atoms with Crippen LogP contribution in [0, 0.1) is 0 Å². The number of rotatable bonds is 2. The summed E-state index contributed by atoms with van der Waals surface area (Å²) in [4.78, 5) is 0. The Morgan fingerprint density at radius 2 is 1.18 bits per heavy atom. The van der Waals surface area contributed by atoms with Crippen LogP contribution in [0.15, 0.2) is 60.7 Å². The number of hydrogen-bond donors (Lipinski definition) is 0. The molecular formula is C16H15F. The minimum atomic E-state index is -1.13. The Morgan fingerprint density at radius 1 is 0.824 bits per heavy atom. The maximum absolute atomic E-state index is 14.5. The third-order valence-electron chi connectivity index (χ3n) is 3.90. The average molecular weight is 226 g/mol. The molecule has 0 aliphatic heterocycles. The highest BCUT2D eigenvalue weighted by Crippen LogP contribution is 2.63. The molecule has 0 amide bonds. The van der Waals surface area contributed by atoms with Gasteiger partial charge >= 0.3 is 0 Å². The van der Waals surface area contributed by atoms with Gasteiger partial charge in [0, 0.05) is 0 Å². The van der Waals surface area contributed by atoms with Crippen molar-refractivity contribution in [1.29, 1.82) is 0 Å². The lowest BCUT2D eigenvalue weighted by Gasteiger charge is -2.19. The third-order valence-corrected chi connectivity index (χ3v) is 3.90. The molecule has 1 aliphatic rings. The minimum Gasteiger partial charge on any atom is -0.243 e. The van der Waals surface area contributed by atoms with Crippen LogP contribution in [-0.2, 0) is 5.41 Å². The van der Waals surface area contributed by atoms with Gasteiger partial charge in [-0.15, -0.1) is 0 Å². The van der Waals surface area contributed by atoms with Crippen molar-refractivity contribution in [2.75, 3.05) is 0 Å². The summed E-state index contributed by atoms with van der Waals surface area (Å²) in [5.41, 5.74) is 0.595. The van der Waals surface area contributed by atoms with Crippen LogP contribution >= 0.6 is 0 Å². The van der Waals surface area contributed by atoms with Crippen LogP contribution in [0.25, 0.3) is 0 Å². The third kappa shape index (κ3) is 1.42. The molecule has 1 fully saturated rings. The summed E-state index contributed by atoms with van der Waals surface area (Å²) >= 11 is 0. The van der Waals surface area contributed by atoms with Gasteiger partial charge < -0.3 is 0 Å². The fraction of sp³-hybridized carbons (Fsp3) is 0.250. The lowest BCUT2D eigenvalue weighted by molar-refractivity contribution is 0.305. The van der Waals surface area contributed by atoms with Crippen molar-refractivity contribution in [2.45, 2.75) is 24.4 Å². The van der Waals surface area contributed by atoms with Gasteiger partial charge in [-0.25, -0.2) is 4.39 Å². The average Bonchev–Trinajstić information content (AvgIpc) is 2.96. The molecule has 0 N–H and O–H groups in total. The second-order valence-electron chi connectivity index (χ2n) is 5.01. The first-order chi connectivity index (χ1) is 8.17. The van der Waals surface area contributed by atoms with Gasteiger partial charge in [0.2, 0.25) is 0 Å². The SMILES string of the molecule is CC1(F)CC1(c1ccccc1)c1ccccc1. The molecule has 0 bridgehead atoms. The molecule has 1 saturated carbocycles. The molecule has 17 heavy (non-hydrogen) atoms. The fourth-order valence-electron chi connectivity index (χ4n) is 2.87. The van der Waals surface area contributed by atoms with Crippen LogP contribution in [-0.4, -0.2) is 5.67 Å². The summed E-state index contributed by atoms with van der Waals surface area (Å²) in [5, 5.41) is 0. The lowest BCUT2D eigenvalue weighted by atomic mass is 9.85. The van der Waals surface area contributed by atoms with Crippen LogP contribution in [0.4, 0.5) is 4.39 Å². The minimum absolute atomic E-state index is 0.435. The predicted octanol–water partition coefficient (Wildman–Crippen LogP) is 4.10. The Labute approximate surface area is 101 Å². The van der Waals surface area contributed by atoms with E-state index in [-0.39, 0.29) is 0 Å². The highest BCUT2D eigenvalue weighted by atomic mass is 19.1. The van der Waals surface area contributed by atoms with E-state index in [0.717, 1.165) is 11.1 Å². The van der Waals surface area contributed by atoms with Crippen molar-refractivity contribution >= 4 is 0 Å². The van der Waals surface area contributed by atoms with Crippen LogP contribution < -0.4 is 0 Å². The molecule has 0 spiro atoms. The lowest BCUT2D eigenvalue weighted by Crippen LogP contribution is -2.18. The first-order valence-corrected chi connectivity index (χ1v) is 5.97. The molecule has 3 rings (SSSR count). The molecule has 1 aliphatic carbocycles. The molecule has 0 aromatic heterocycles. The van der Waals surface area contributed by atoms with Crippen molar-refractivity contribution < 1.29 is 4.39 Å². The topological polar surface area (TPSA) is 0 Å². The molecule has 2 aromatic rings. The summed E-state index contributed by atoms with van der Waals surface area (Å²) in [7, 11) is 0. The van der Waals surface area contributed by atoms with Crippen molar-refractivity contribution in [3.8, 4) is 0 Å². The molecule has 0 saturated heterocycles. The zero-order valence-electron chi connectivity index (χ0n) is 9.86. The van der Waals surface area contributed by atoms with Crippen molar-refractivity contribution in [3.63, 3.8) is 0 Å². The molecule has 1 heteroatoms. The van der Waals surface area contributed by atoms with E-state index in [1.807, 2.05) is 60.7 Å². The zero-order chi connectivity index (χ0) is 11.9. The van der Waals surface area contributed by atoms with E-state index in [1.165, 1.54) is 0 Å². The summed E-state index contributed by atoms with van der Waals surface area (Å²) in [5.74, 6) is 0. The van der Waals surface area contributed by atoms with Gasteiger partial charge in [-0.1, -0.05) is 60.7 Å². The number of halogens is 1. The van der Waals surface area contributed by atoms with E-state index in [2.05, 4.69) is 0 Å². The molecular weight excluding hydrogens is 211 g/mol. The van der Waals surface area contributed by atoms with E-state index in [4.69, 9.17) is 0 Å². The summed E-state index contributed by atoms with van der Waals surface area (Å²) in [6.45, 7) is 1.70. The van der Waals surface area contributed by atoms with Gasteiger partial charge in [0.25, 0.3) is 0 Å². The highest BCUT2D eigenvalue weighted by molar-refractivity contribution is 5.51. The monoisotopic (exact) mass is 226 g/mol. The van der Waals surface area contributed by atoms with E-state index in [0.29, 0.717) is 6.42 Å². The van der Waals surface area contributed by atoms with Gasteiger partial charge in [0.15, 0.2) is 0 Å².